The molecule has 1 unspecified atom stereocenters. The van der Waals surface area contributed by atoms with E-state index in [1.807, 2.05) is 26.0 Å². The summed E-state index contributed by atoms with van der Waals surface area (Å²) in [5.41, 5.74) is 0.641. The number of aryl methyl sites for hydroxylation is 2. The highest BCUT2D eigenvalue weighted by atomic mass is 16.7. The Bertz CT molecular complexity index is 699. The summed E-state index contributed by atoms with van der Waals surface area (Å²) < 4.78 is 17.0. The summed E-state index contributed by atoms with van der Waals surface area (Å²) in [7, 11) is 2.87. The Morgan fingerprint density at radius 1 is 1.09 bits per heavy atom. The lowest BCUT2D eigenvalue weighted by Gasteiger charge is -2.43. The molecule has 3 rings (SSSR count). The number of hydrogen-bond donors (Lipinski definition) is 0. The lowest BCUT2D eigenvalue weighted by molar-refractivity contribution is -0.244. The summed E-state index contributed by atoms with van der Waals surface area (Å²) in [6.07, 6.45) is 2.72. The van der Waals surface area contributed by atoms with Gasteiger partial charge in [-0.3, -0.25) is 9.59 Å². The van der Waals surface area contributed by atoms with Crippen molar-refractivity contribution in [3.8, 4) is 5.75 Å². The minimum atomic E-state index is -1.51. The first-order chi connectivity index (χ1) is 10.4. The van der Waals surface area contributed by atoms with E-state index in [0.29, 0.717) is 11.3 Å². The molecular weight excluding hydrogens is 284 g/mol. The molecule has 0 fully saturated rings. The average molecular weight is 302 g/mol. The van der Waals surface area contributed by atoms with Crippen molar-refractivity contribution in [3.05, 3.63) is 41.0 Å². The normalized spacial score (nSPS) is 25.5. The minimum absolute atomic E-state index is 0.114. The van der Waals surface area contributed by atoms with Gasteiger partial charge in [-0.05, 0) is 37.1 Å². The molecular formula is C17H18O5. The van der Waals surface area contributed by atoms with Crippen LogP contribution in [0.3, 0.4) is 0 Å². The number of ketones is 2. The second kappa shape index (κ2) is 4.76. The Kier molecular flexibility index (Phi) is 3.23. The van der Waals surface area contributed by atoms with E-state index in [-0.39, 0.29) is 18.0 Å². The maximum atomic E-state index is 13.2. The van der Waals surface area contributed by atoms with Gasteiger partial charge < -0.3 is 14.2 Å². The predicted molar refractivity (Wildman–Crippen MR) is 79.1 cm³/mol. The van der Waals surface area contributed by atoms with Gasteiger partial charge in [-0.2, -0.15) is 0 Å². The molecule has 22 heavy (non-hydrogen) atoms. The second-order valence-electron chi connectivity index (χ2n) is 5.71. The van der Waals surface area contributed by atoms with Gasteiger partial charge >= 0.3 is 0 Å². The van der Waals surface area contributed by atoms with Gasteiger partial charge in [-0.25, -0.2) is 0 Å². The number of carbonyl (C=O) groups is 2. The van der Waals surface area contributed by atoms with Crippen LogP contribution in [0, 0.1) is 13.8 Å². The first kappa shape index (κ1) is 14.9. The van der Waals surface area contributed by atoms with E-state index < -0.39 is 11.4 Å². The zero-order valence-electron chi connectivity index (χ0n) is 13.1. The van der Waals surface area contributed by atoms with Crippen LogP contribution in [0.15, 0.2) is 24.3 Å². The highest BCUT2D eigenvalue weighted by molar-refractivity contribution is 6.13. The fourth-order valence-corrected chi connectivity index (χ4v) is 3.28. The van der Waals surface area contributed by atoms with Gasteiger partial charge in [-0.1, -0.05) is 12.1 Å². The molecule has 0 N–H and O–H groups in total. The van der Waals surface area contributed by atoms with E-state index in [0.717, 1.165) is 11.1 Å². The molecule has 1 atom stereocenters. The molecule has 0 bridgehead atoms. The summed E-state index contributed by atoms with van der Waals surface area (Å²) >= 11 is 0. The van der Waals surface area contributed by atoms with Crippen LogP contribution in [0.25, 0.3) is 0 Å². The number of ether oxygens (including phenoxy) is 3. The zero-order valence-corrected chi connectivity index (χ0v) is 13.1. The molecule has 1 heterocycles. The van der Waals surface area contributed by atoms with Crippen molar-refractivity contribution in [1.29, 1.82) is 0 Å². The van der Waals surface area contributed by atoms with E-state index >= 15 is 0 Å². The number of rotatable bonds is 2. The maximum Gasteiger partial charge on any atom is 0.237 e. The molecule has 1 aliphatic heterocycles. The Morgan fingerprint density at radius 2 is 1.73 bits per heavy atom. The van der Waals surface area contributed by atoms with E-state index in [2.05, 4.69) is 0 Å². The van der Waals surface area contributed by atoms with Crippen molar-refractivity contribution in [2.75, 3.05) is 14.2 Å². The monoisotopic (exact) mass is 302 g/mol. The smallest absolute Gasteiger partial charge is 0.237 e. The quantitative estimate of drug-likeness (QED) is 0.783. The highest BCUT2D eigenvalue weighted by Crippen LogP contribution is 2.49. The van der Waals surface area contributed by atoms with Crippen LogP contribution in [0.4, 0.5) is 0 Å². The first-order valence-corrected chi connectivity index (χ1v) is 7.07. The van der Waals surface area contributed by atoms with E-state index in [1.54, 1.807) is 0 Å². The number of fused-ring (bicyclic) bond motifs is 1. The molecule has 1 aromatic rings. The second-order valence-corrected chi connectivity index (χ2v) is 5.71. The first-order valence-electron chi connectivity index (χ1n) is 7.07. The molecule has 1 aromatic carbocycles. The van der Waals surface area contributed by atoms with Crippen LogP contribution in [0.1, 0.15) is 27.9 Å². The third-order valence-electron chi connectivity index (χ3n) is 4.51. The molecule has 2 aliphatic rings. The third-order valence-corrected chi connectivity index (χ3v) is 4.51. The minimum Gasteiger partial charge on any atom is -0.471 e. The Morgan fingerprint density at radius 3 is 2.32 bits per heavy atom. The molecule has 0 radical (unpaired) electrons. The van der Waals surface area contributed by atoms with Crippen molar-refractivity contribution in [2.45, 2.75) is 31.7 Å². The summed E-state index contributed by atoms with van der Waals surface area (Å²) in [5.74, 6) is -1.38. The number of Topliss-reactive ketones (excluding diaryl/α,β-unsaturated/α-hetero) is 1. The number of carbonyl (C=O) groups excluding carboxylic acids is 2. The van der Waals surface area contributed by atoms with Gasteiger partial charge in [0.15, 0.2) is 5.78 Å². The van der Waals surface area contributed by atoms with Gasteiger partial charge in [0.05, 0.1) is 12.0 Å². The molecule has 1 spiro atoms. The van der Waals surface area contributed by atoms with Crippen molar-refractivity contribution < 1.29 is 23.8 Å². The Labute approximate surface area is 128 Å². The molecule has 0 saturated carbocycles. The largest absolute Gasteiger partial charge is 0.471 e. The Hall–Kier alpha value is -1.98. The van der Waals surface area contributed by atoms with E-state index in [4.69, 9.17) is 14.2 Å². The molecule has 116 valence electrons. The standard InChI is InChI=1S/C17H18O5/c1-10-5-6-11(2)14-13(10)15(19)16(22-14)9-12(18)7-8-17(16,20-3)21-4/h5-8H,9H2,1-4H3. The van der Waals surface area contributed by atoms with Gasteiger partial charge in [0.1, 0.15) is 5.75 Å². The number of benzene rings is 1. The van der Waals surface area contributed by atoms with Crippen LogP contribution >= 0.6 is 0 Å². The summed E-state index contributed by atoms with van der Waals surface area (Å²) in [5, 5.41) is 0. The van der Waals surface area contributed by atoms with Crippen molar-refractivity contribution in [1.82, 2.24) is 0 Å². The average Bonchev–Trinajstić information content (AvgIpc) is 2.80. The zero-order chi connectivity index (χ0) is 16.1. The number of methoxy groups -OCH3 is 2. The maximum absolute atomic E-state index is 13.2. The van der Waals surface area contributed by atoms with Gasteiger partial charge in [-0.15, -0.1) is 0 Å². The van der Waals surface area contributed by atoms with Gasteiger partial charge in [0.25, 0.3) is 0 Å². The molecule has 5 heteroatoms. The number of allylic oxidation sites excluding steroid dienone is 1. The van der Waals surface area contributed by atoms with Crippen LogP contribution in [0.2, 0.25) is 0 Å². The van der Waals surface area contributed by atoms with Crippen molar-refractivity contribution in [3.63, 3.8) is 0 Å². The molecule has 5 nitrogen and oxygen atoms in total. The highest BCUT2D eigenvalue weighted by Gasteiger charge is 2.65. The molecule has 0 saturated heterocycles. The predicted octanol–water partition coefficient (Wildman–Crippen LogP) is 2.14. The van der Waals surface area contributed by atoms with Crippen molar-refractivity contribution in [2.24, 2.45) is 0 Å². The fourth-order valence-electron chi connectivity index (χ4n) is 3.28. The molecule has 0 amide bonds. The van der Waals surface area contributed by atoms with Gasteiger partial charge in [0, 0.05) is 14.2 Å². The topological polar surface area (TPSA) is 61.8 Å². The van der Waals surface area contributed by atoms with Crippen LogP contribution in [-0.2, 0) is 14.3 Å². The molecule has 1 aliphatic carbocycles. The summed E-state index contributed by atoms with van der Waals surface area (Å²) in [6, 6.07) is 3.76. The van der Waals surface area contributed by atoms with E-state index in [9.17, 15) is 9.59 Å². The lowest BCUT2D eigenvalue weighted by Crippen LogP contribution is -2.64. The van der Waals surface area contributed by atoms with Gasteiger partial charge in [0.2, 0.25) is 17.2 Å². The SMILES string of the molecule is COC1(OC)C=CC(=O)CC12Oc1c(C)ccc(C)c1C2=O. The molecule has 0 aromatic heterocycles. The summed E-state index contributed by atoms with van der Waals surface area (Å²) in [6.45, 7) is 3.71. The summed E-state index contributed by atoms with van der Waals surface area (Å²) in [4.78, 5) is 25.1. The van der Waals surface area contributed by atoms with Crippen LogP contribution in [-0.4, -0.2) is 37.2 Å². The Balaban J connectivity index is 2.25. The lowest BCUT2D eigenvalue weighted by atomic mass is 9.78. The fraction of sp³-hybridized carbons (Fsp3) is 0.412. The van der Waals surface area contributed by atoms with Crippen LogP contribution in [0.5, 0.6) is 5.75 Å². The number of hydrogen-bond acceptors (Lipinski definition) is 5. The third kappa shape index (κ3) is 1.66. The van der Waals surface area contributed by atoms with E-state index in [1.165, 1.54) is 26.4 Å². The van der Waals surface area contributed by atoms with Crippen molar-refractivity contribution >= 4 is 11.6 Å². The van der Waals surface area contributed by atoms with Crippen LogP contribution < -0.4 is 4.74 Å².